The number of nitrogens with zero attached hydrogens (tertiary/aromatic N) is 3. The van der Waals surface area contributed by atoms with Gasteiger partial charge < -0.3 is 25.3 Å². The number of carbonyl (C=O) groups excluding carboxylic acids is 2. The largest absolute Gasteiger partial charge is 0.370 e. The number of piperidine rings is 1. The van der Waals surface area contributed by atoms with Crippen LogP contribution in [0.4, 0.5) is 27.1 Å². The van der Waals surface area contributed by atoms with Crippen molar-refractivity contribution >= 4 is 34.6 Å². The minimum atomic E-state index is -0.393. The highest BCUT2D eigenvalue weighted by Crippen LogP contribution is 2.31. The molecule has 0 bridgehead atoms. The van der Waals surface area contributed by atoms with Crippen LogP contribution in [0.2, 0.25) is 0 Å². The molecular weight excluding hydrogens is 433 g/mol. The van der Waals surface area contributed by atoms with Gasteiger partial charge in [-0.15, -0.1) is 0 Å². The van der Waals surface area contributed by atoms with Crippen molar-refractivity contribution in [1.82, 2.24) is 4.90 Å². The number of hydrogen-bond acceptors (Lipinski definition) is 5. The van der Waals surface area contributed by atoms with E-state index in [0.29, 0.717) is 37.7 Å². The number of halogens is 1. The first kappa shape index (κ1) is 24.0. The van der Waals surface area contributed by atoms with Crippen LogP contribution in [-0.4, -0.2) is 63.0 Å². The van der Waals surface area contributed by atoms with Gasteiger partial charge in [0.2, 0.25) is 11.8 Å². The van der Waals surface area contributed by atoms with Gasteiger partial charge in [-0.25, -0.2) is 4.39 Å². The first-order chi connectivity index (χ1) is 16.3. The molecule has 2 aliphatic heterocycles. The Bertz CT molecular complexity index is 1020. The molecule has 2 N–H and O–H groups in total. The van der Waals surface area contributed by atoms with Gasteiger partial charge in [0, 0.05) is 56.4 Å². The Morgan fingerprint density at radius 1 is 0.941 bits per heavy atom. The lowest BCUT2D eigenvalue weighted by Crippen LogP contribution is -2.38. The second kappa shape index (κ2) is 10.4. The molecule has 2 aromatic carbocycles. The summed E-state index contributed by atoms with van der Waals surface area (Å²) in [6.45, 7) is 4.80. The SMILES string of the molecule is CC(=O)Nc1cc(F)ccc1N1CCC(C(=O)Nc2ccc(N3CCC(N(C)C)C3)cc2)CC1. The molecule has 2 amide bonds. The first-order valence-electron chi connectivity index (χ1n) is 11.9. The summed E-state index contributed by atoms with van der Waals surface area (Å²) < 4.78 is 13.7. The summed E-state index contributed by atoms with van der Waals surface area (Å²) in [5.41, 5.74) is 3.24. The number of rotatable bonds is 6. The van der Waals surface area contributed by atoms with Crippen LogP contribution < -0.4 is 20.4 Å². The summed E-state index contributed by atoms with van der Waals surface area (Å²) in [5, 5.41) is 5.77. The predicted octanol–water partition coefficient (Wildman–Crippen LogP) is 3.78. The molecule has 2 aromatic rings. The van der Waals surface area contributed by atoms with Crippen molar-refractivity contribution in [2.24, 2.45) is 5.92 Å². The van der Waals surface area contributed by atoms with E-state index in [1.54, 1.807) is 6.07 Å². The third-order valence-electron chi connectivity index (χ3n) is 6.87. The molecule has 2 aliphatic rings. The van der Waals surface area contributed by atoms with Gasteiger partial charge in [-0.05, 0) is 75.8 Å². The average molecular weight is 468 g/mol. The summed E-state index contributed by atoms with van der Waals surface area (Å²) in [6.07, 6.45) is 2.55. The Morgan fingerprint density at radius 2 is 1.62 bits per heavy atom. The van der Waals surface area contributed by atoms with Crippen LogP contribution in [0.3, 0.4) is 0 Å². The molecule has 0 aromatic heterocycles. The van der Waals surface area contributed by atoms with Gasteiger partial charge in [0.15, 0.2) is 0 Å². The van der Waals surface area contributed by atoms with E-state index in [1.807, 2.05) is 12.1 Å². The molecule has 182 valence electrons. The number of benzene rings is 2. The lowest BCUT2D eigenvalue weighted by Gasteiger charge is -2.34. The molecule has 4 rings (SSSR count). The smallest absolute Gasteiger partial charge is 0.227 e. The highest BCUT2D eigenvalue weighted by Gasteiger charge is 2.27. The lowest BCUT2D eigenvalue weighted by atomic mass is 9.95. The van der Waals surface area contributed by atoms with E-state index in [1.165, 1.54) is 24.7 Å². The maximum absolute atomic E-state index is 13.7. The minimum Gasteiger partial charge on any atom is -0.370 e. The maximum atomic E-state index is 13.7. The highest BCUT2D eigenvalue weighted by molar-refractivity contribution is 5.94. The third kappa shape index (κ3) is 5.67. The fraction of sp³-hybridized carbons (Fsp3) is 0.462. The average Bonchev–Trinajstić information content (AvgIpc) is 3.30. The zero-order valence-electron chi connectivity index (χ0n) is 20.2. The molecule has 0 radical (unpaired) electrons. The molecule has 2 saturated heterocycles. The fourth-order valence-electron chi connectivity index (χ4n) is 4.85. The van der Waals surface area contributed by atoms with Crippen molar-refractivity contribution in [3.8, 4) is 0 Å². The Balaban J connectivity index is 1.31. The van der Waals surface area contributed by atoms with Crippen molar-refractivity contribution in [1.29, 1.82) is 0 Å². The molecule has 2 heterocycles. The third-order valence-corrected chi connectivity index (χ3v) is 6.87. The number of amides is 2. The van der Waals surface area contributed by atoms with E-state index in [9.17, 15) is 14.0 Å². The van der Waals surface area contributed by atoms with Gasteiger partial charge in [-0.1, -0.05) is 0 Å². The number of likely N-dealkylation sites (N-methyl/N-ethyl adjacent to an activating group) is 1. The van der Waals surface area contributed by atoms with E-state index in [2.05, 4.69) is 51.6 Å². The number of anilines is 4. The zero-order chi connectivity index (χ0) is 24.2. The van der Waals surface area contributed by atoms with Gasteiger partial charge in [-0.2, -0.15) is 0 Å². The minimum absolute atomic E-state index is 0.0300. The van der Waals surface area contributed by atoms with Gasteiger partial charge >= 0.3 is 0 Å². The summed E-state index contributed by atoms with van der Waals surface area (Å²) in [7, 11) is 4.25. The predicted molar refractivity (Wildman–Crippen MR) is 135 cm³/mol. The van der Waals surface area contributed by atoms with Gasteiger partial charge in [-0.3, -0.25) is 9.59 Å². The normalized spacial score (nSPS) is 18.9. The topological polar surface area (TPSA) is 67.9 Å². The standard InChI is InChI=1S/C26H34FN5O2/c1-18(33)28-24-16-20(27)4-9-25(24)31-13-10-19(11-14-31)26(34)29-21-5-7-22(8-6-21)32-15-12-23(17-32)30(2)3/h4-9,16,19,23H,10-15,17H2,1-3H3,(H,28,33)(H,29,34). The second-order valence-electron chi connectivity index (χ2n) is 9.49. The van der Waals surface area contributed by atoms with Crippen LogP contribution in [0.15, 0.2) is 42.5 Å². The Hall–Kier alpha value is -3.13. The van der Waals surface area contributed by atoms with E-state index in [0.717, 1.165) is 30.9 Å². The quantitative estimate of drug-likeness (QED) is 0.677. The first-order valence-corrected chi connectivity index (χ1v) is 11.9. The van der Waals surface area contributed by atoms with E-state index >= 15 is 0 Å². The lowest BCUT2D eigenvalue weighted by molar-refractivity contribution is -0.120. The van der Waals surface area contributed by atoms with Gasteiger partial charge in [0.1, 0.15) is 5.82 Å². The molecule has 0 aliphatic carbocycles. The van der Waals surface area contributed by atoms with Gasteiger partial charge in [0.25, 0.3) is 0 Å². The number of nitrogens with one attached hydrogen (secondary N) is 2. The molecule has 1 atom stereocenters. The van der Waals surface area contributed by atoms with Crippen LogP contribution in [0.5, 0.6) is 0 Å². The highest BCUT2D eigenvalue weighted by atomic mass is 19.1. The van der Waals surface area contributed by atoms with E-state index in [-0.39, 0.29) is 17.7 Å². The van der Waals surface area contributed by atoms with Crippen LogP contribution >= 0.6 is 0 Å². The molecule has 1 unspecified atom stereocenters. The second-order valence-corrected chi connectivity index (χ2v) is 9.49. The van der Waals surface area contributed by atoms with Crippen molar-refractivity contribution < 1.29 is 14.0 Å². The zero-order valence-corrected chi connectivity index (χ0v) is 20.2. The number of carbonyl (C=O) groups is 2. The summed E-state index contributed by atoms with van der Waals surface area (Å²) in [6, 6.07) is 13.1. The summed E-state index contributed by atoms with van der Waals surface area (Å²) >= 11 is 0. The molecular formula is C26H34FN5O2. The van der Waals surface area contributed by atoms with Crippen molar-refractivity contribution in [3.05, 3.63) is 48.3 Å². The monoisotopic (exact) mass is 467 g/mol. The summed E-state index contributed by atoms with van der Waals surface area (Å²) in [5.74, 6) is -0.688. The van der Waals surface area contributed by atoms with Crippen molar-refractivity contribution in [3.63, 3.8) is 0 Å². The molecule has 34 heavy (non-hydrogen) atoms. The van der Waals surface area contributed by atoms with Crippen LogP contribution in [-0.2, 0) is 9.59 Å². The molecule has 0 saturated carbocycles. The Morgan fingerprint density at radius 3 is 2.24 bits per heavy atom. The summed E-state index contributed by atoms with van der Waals surface area (Å²) in [4.78, 5) is 31.1. The molecule has 2 fully saturated rings. The molecule has 0 spiro atoms. The van der Waals surface area contributed by atoms with Crippen molar-refractivity contribution in [2.45, 2.75) is 32.2 Å². The van der Waals surface area contributed by atoms with Crippen LogP contribution in [0, 0.1) is 11.7 Å². The Labute approximate surface area is 200 Å². The molecule has 8 heteroatoms. The van der Waals surface area contributed by atoms with Crippen LogP contribution in [0.25, 0.3) is 0 Å². The van der Waals surface area contributed by atoms with E-state index < -0.39 is 5.82 Å². The molecule has 7 nitrogen and oxygen atoms in total. The fourth-order valence-corrected chi connectivity index (χ4v) is 4.85. The number of hydrogen-bond donors (Lipinski definition) is 2. The van der Waals surface area contributed by atoms with Crippen molar-refractivity contribution in [2.75, 3.05) is 60.7 Å². The van der Waals surface area contributed by atoms with E-state index in [4.69, 9.17) is 0 Å². The van der Waals surface area contributed by atoms with Gasteiger partial charge in [0.05, 0.1) is 11.4 Å². The maximum Gasteiger partial charge on any atom is 0.227 e. The Kier molecular flexibility index (Phi) is 7.36. The van der Waals surface area contributed by atoms with Crippen LogP contribution in [0.1, 0.15) is 26.2 Å².